The van der Waals surface area contributed by atoms with Crippen LogP contribution in [-0.2, 0) is 6.61 Å². The molecule has 0 fully saturated rings. The Morgan fingerprint density at radius 1 is 0.958 bits per heavy atom. The van der Waals surface area contributed by atoms with E-state index in [-0.39, 0.29) is 0 Å². The van der Waals surface area contributed by atoms with Crippen molar-refractivity contribution in [2.24, 2.45) is 0 Å². The zero-order valence-electron chi connectivity index (χ0n) is 13.3. The van der Waals surface area contributed by atoms with Crippen LogP contribution in [0.1, 0.15) is 21.5 Å². The van der Waals surface area contributed by atoms with Gasteiger partial charge >= 0.3 is 0 Å². The van der Waals surface area contributed by atoms with E-state index in [2.05, 4.69) is 0 Å². The van der Waals surface area contributed by atoms with Crippen LogP contribution in [0.3, 0.4) is 0 Å². The Bertz CT molecular complexity index is 840. The molecule has 0 aliphatic rings. The molecule has 0 unspecified atom stereocenters. The van der Waals surface area contributed by atoms with E-state index in [1.165, 1.54) is 0 Å². The molecule has 0 aliphatic carbocycles. The van der Waals surface area contributed by atoms with E-state index < -0.39 is 0 Å². The van der Waals surface area contributed by atoms with Crippen LogP contribution in [-0.4, -0.2) is 6.29 Å². The van der Waals surface area contributed by atoms with Gasteiger partial charge in [-0.05, 0) is 53.4 Å². The van der Waals surface area contributed by atoms with Crippen molar-refractivity contribution in [2.45, 2.75) is 13.5 Å². The first-order valence-corrected chi connectivity index (χ1v) is 8.07. The number of hydrogen-bond acceptors (Lipinski definition) is 2. The van der Waals surface area contributed by atoms with E-state index in [0.29, 0.717) is 22.9 Å². The standard InChI is InChI=1S/C21H17ClO2/c1-15-11-18(17-7-9-20(22)10-8-17)12-19(13-23)21(15)24-14-16-5-3-2-4-6-16/h2-13H,14H2,1H3. The van der Waals surface area contributed by atoms with Crippen LogP contribution in [0.15, 0.2) is 66.7 Å². The molecule has 2 nitrogen and oxygen atoms in total. The molecular formula is C21H17ClO2. The molecule has 0 spiro atoms. The molecule has 3 aromatic rings. The SMILES string of the molecule is Cc1cc(-c2ccc(Cl)cc2)cc(C=O)c1OCc1ccccc1. The number of carbonyl (C=O) groups is 1. The molecule has 0 aromatic heterocycles. The molecule has 0 bridgehead atoms. The lowest BCUT2D eigenvalue weighted by atomic mass is 9.99. The minimum atomic E-state index is 0.433. The van der Waals surface area contributed by atoms with Crippen molar-refractivity contribution in [1.29, 1.82) is 0 Å². The number of aldehydes is 1. The van der Waals surface area contributed by atoms with Gasteiger partial charge in [0.05, 0.1) is 5.56 Å². The summed E-state index contributed by atoms with van der Waals surface area (Å²) in [6, 6.07) is 21.3. The first kappa shape index (κ1) is 16.3. The Balaban J connectivity index is 1.90. The van der Waals surface area contributed by atoms with E-state index in [9.17, 15) is 4.79 Å². The van der Waals surface area contributed by atoms with E-state index >= 15 is 0 Å². The van der Waals surface area contributed by atoms with E-state index in [1.54, 1.807) is 0 Å². The molecule has 0 aliphatic heterocycles. The zero-order chi connectivity index (χ0) is 16.9. The summed E-state index contributed by atoms with van der Waals surface area (Å²) in [6.07, 6.45) is 0.840. The normalized spacial score (nSPS) is 10.4. The van der Waals surface area contributed by atoms with Gasteiger partial charge in [-0.15, -0.1) is 0 Å². The predicted molar refractivity (Wildman–Crippen MR) is 97.8 cm³/mol. The molecule has 0 atom stereocenters. The van der Waals surface area contributed by atoms with Gasteiger partial charge in [-0.25, -0.2) is 0 Å². The van der Waals surface area contributed by atoms with Gasteiger partial charge in [-0.1, -0.05) is 54.1 Å². The summed E-state index contributed by atoms with van der Waals surface area (Å²) < 4.78 is 5.90. The van der Waals surface area contributed by atoms with Gasteiger partial charge in [0.15, 0.2) is 6.29 Å². The molecule has 3 rings (SSSR count). The molecule has 0 amide bonds. The molecule has 24 heavy (non-hydrogen) atoms. The molecule has 0 heterocycles. The van der Waals surface area contributed by atoms with Crippen molar-refractivity contribution in [3.8, 4) is 16.9 Å². The highest BCUT2D eigenvalue weighted by atomic mass is 35.5. The zero-order valence-corrected chi connectivity index (χ0v) is 14.1. The van der Waals surface area contributed by atoms with Gasteiger partial charge in [0.25, 0.3) is 0 Å². The smallest absolute Gasteiger partial charge is 0.153 e. The van der Waals surface area contributed by atoms with E-state index in [4.69, 9.17) is 16.3 Å². The highest BCUT2D eigenvalue weighted by Crippen LogP contribution is 2.31. The van der Waals surface area contributed by atoms with Crippen LogP contribution < -0.4 is 4.74 Å². The summed E-state index contributed by atoms with van der Waals surface area (Å²) in [6.45, 7) is 2.38. The van der Waals surface area contributed by atoms with Crippen molar-refractivity contribution in [2.75, 3.05) is 0 Å². The predicted octanol–water partition coefficient (Wildman–Crippen LogP) is 5.71. The van der Waals surface area contributed by atoms with Crippen molar-refractivity contribution >= 4 is 17.9 Å². The number of benzene rings is 3. The number of hydrogen-bond donors (Lipinski definition) is 0. The maximum Gasteiger partial charge on any atom is 0.153 e. The van der Waals surface area contributed by atoms with Crippen LogP contribution in [0.2, 0.25) is 5.02 Å². The fraction of sp³-hybridized carbons (Fsp3) is 0.0952. The number of carbonyl (C=O) groups excluding carboxylic acids is 1. The Hall–Kier alpha value is -2.58. The summed E-state index contributed by atoms with van der Waals surface area (Å²) in [7, 11) is 0. The quantitative estimate of drug-likeness (QED) is 0.558. The third kappa shape index (κ3) is 3.66. The number of ether oxygens (including phenoxy) is 1. The number of aryl methyl sites for hydroxylation is 1. The summed E-state index contributed by atoms with van der Waals surface area (Å²) >= 11 is 5.94. The van der Waals surface area contributed by atoms with Gasteiger partial charge in [0.1, 0.15) is 12.4 Å². The highest BCUT2D eigenvalue weighted by Gasteiger charge is 2.11. The lowest BCUT2D eigenvalue weighted by molar-refractivity contribution is 0.111. The van der Waals surface area contributed by atoms with Crippen LogP contribution in [0, 0.1) is 6.92 Å². The Morgan fingerprint density at radius 3 is 2.33 bits per heavy atom. The second kappa shape index (κ2) is 7.33. The average molecular weight is 337 g/mol. The third-order valence-corrected chi connectivity index (χ3v) is 4.09. The Kier molecular flexibility index (Phi) is 4.97. The second-order valence-corrected chi connectivity index (χ2v) is 6.05. The van der Waals surface area contributed by atoms with Gasteiger partial charge < -0.3 is 4.74 Å². The van der Waals surface area contributed by atoms with Crippen LogP contribution in [0.25, 0.3) is 11.1 Å². The molecule has 0 saturated heterocycles. The van der Waals surface area contributed by atoms with Crippen LogP contribution in [0.5, 0.6) is 5.75 Å². The largest absolute Gasteiger partial charge is 0.488 e. The molecule has 0 saturated carbocycles. The molecular weight excluding hydrogens is 320 g/mol. The topological polar surface area (TPSA) is 26.3 Å². The number of rotatable bonds is 5. The minimum absolute atomic E-state index is 0.433. The second-order valence-electron chi connectivity index (χ2n) is 5.61. The third-order valence-electron chi connectivity index (χ3n) is 3.83. The fourth-order valence-electron chi connectivity index (χ4n) is 2.62. The summed E-state index contributed by atoms with van der Waals surface area (Å²) in [5, 5.41) is 0.689. The van der Waals surface area contributed by atoms with Gasteiger partial charge in [0, 0.05) is 5.02 Å². The van der Waals surface area contributed by atoms with Crippen molar-refractivity contribution in [1.82, 2.24) is 0 Å². The van der Waals surface area contributed by atoms with E-state index in [0.717, 1.165) is 28.5 Å². The fourth-order valence-corrected chi connectivity index (χ4v) is 2.75. The minimum Gasteiger partial charge on any atom is -0.488 e. The van der Waals surface area contributed by atoms with Crippen molar-refractivity contribution < 1.29 is 9.53 Å². The van der Waals surface area contributed by atoms with Crippen molar-refractivity contribution in [3.05, 3.63) is 88.4 Å². The highest BCUT2D eigenvalue weighted by molar-refractivity contribution is 6.30. The first-order valence-electron chi connectivity index (χ1n) is 7.70. The number of halogens is 1. The maximum absolute atomic E-state index is 11.5. The summed E-state index contributed by atoms with van der Waals surface area (Å²) in [5.74, 6) is 0.631. The molecule has 3 aromatic carbocycles. The average Bonchev–Trinajstić information content (AvgIpc) is 2.61. The monoisotopic (exact) mass is 336 g/mol. The lowest BCUT2D eigenvalue weighted by Crippen LogP contribution is -2.01. The maximum atomic E-state index is 11.5. The van der Waals surface area contributed by atoms with Gasteiger partial charge in [-0.2, -0.15) is 0 Å². The van der Waals surface area contributed by atoms with Crippen LogP contribution >= 0.6 is 11.6 Å². The first-order chi connectivity index (χ1) is 11.7. The molecule has 0 radical (unpaired) electrons. The van der Waals surface area contributed by atoms with Crippen molar-refractivity contribution in [3.63, 3.8) is 0 Å². The Labute approximate surface area is 146 Å². The van der Waals surface area contributed by atoms with Gasteiger partial charge in [-0.3, -0.25) is 4.79 Å². The Morgan fingerprint density at radius 2 is 1.67 bits per heavy atom. The van der Waals surface area contributed by atoms with Crippen LogP contribution in [0.4, 0.5) is 0 Å². The summed E-state index contributed by atoms with van der Waals surface area (Å²) in [5.41, 5.74) is 4.53. The van der Waals surface area contributed by atoms with Gasteiger partial charge in [0.2, 0.25) is 0 Å². The lowest BCUT2D eigenvalue weighted by Gasteiger charge is -2.14. The van der Waals surface area contributed by atoms with E-state index in [1.807, 2.05) is 73.7 Å². The molecule has 120 valence electrons. The molecule has 3 heteroatoms. The molecule has 0 N–H and O–H groups in total. The summed E-state index contributed by atoms with van der Waals surface area (Å²) in [4.78, 5) is 11.5.